The Morgan fingerprint density at radius 1 is 0.692 bits per heavy atom. The van der Waals surface area contributed by atoms with E-state index < -0.39 is 0 Å². The van der Waals surface area contributed by atoms with Gasteiger partial charge in [-0.15, -0.1) is 0 Å². The molecule has 76 valence electrons. The summed E-state index contributed by atoms with van der Waals surface area (Å²) in [5.74, 6) is 0. The molecule has 13 heavy (non-hydrogen) atoms. The highest BCUT2D eigenvalue weighted by Crippen LogP contribution is 2.02. The summed E-state index contributed by atoms with van der Waals surface area (Å²) in [6.07, 6.45) is 18.0. The Kier molecular flexibility index (Phi) is 11.0. The van der Waals surface area contributed by atoms with Crippen LogP contribution < -0.4 is 0 Å². The third-order valence-corrected chi connectivity index (χ3v) is 2.06. The molecule has 0 aliphatic carbocycles. The SMILES string of the molecule is CCCC=CC=CCCCCCC. The number of rotatable bonds is 8. The molecular formula is C13H24. The Morgan fingerprint density at radius 2 is 1.38 bits per heavy atom. The second kappa shape index (κ2) is 11.5. The van der Waals surface area contributed by atoms with Gasteiger partial charge in [0.2, 0.25) is 0 Å². The predicted octanol–water partition coefficient (Wildman–Crippen LogP) is 4.87. The van der Waals surface area contributed by atoms with Gasteiger partial charge in [-0.05, 0) is 19.3 Å². The Balaban J connectivity index is 3.12. The summed E-state index contributed by atoms with van der Waals surface area (Å²) in [5.41, 5.74) is 0. The van der Waals surface area contributed by atoms with Gasteiger partial charge in [0.25, 0.3) is 0 Å². The summed E-state index contributed by atoms with van der Waals surface area (Å²) in [6, 6.07) is 0. The number of unbranched alkanes of at least 4 members (excludes halogenated alkanes) is 5. The Labute approximate surface area is 83.7 Å². The Hall–Kier alpha value is -0.520. The fourth-order valence-electron chi connectivity index (χ4n) is 1.21. The van der Waals surface area contributed by atoms with Crippen LogP contribution in [0.5, 0.6) is 0 Å². The van der Waals surface area contributed by atoms with Gasteiger partial charge in [0, 0.05) is 0 Å². The lowest BCUT2D eigenvalue weighted by molar-refractivity contribution is 0.674. The van der Waals surface area contributed by atoms with Crippen molar-refractivity contribution >= 4 is 0 Å². The van der Waals surface area contributed by atoms with Crippen LogP contribution in [-0.2, 0) is 0 Å². The standard InChI is InChI=1S/C13H24/c1-3-5-7-9-11-13-12-10-8-6-4-2/h7,9,11,13H,3-6,8,10,12H2,1-2H3. The van der Waals surface area contributed by atoms with Gasteiger partial charge in [0.1, 0.15) is 0 Å². The second-order valence-electron chi connectivity index (χ2n) is 3.49. The van der Waals surface area contributed by atoms with Crippen LogP contribution in [0.2, 0.25) is 0 Å². The average molecular weight is 180 g/mol. The zero-order chi connectivity index (χ0) is 9.78. The largest absolute Gasteiger partial charge is 0.0846 e. The van der Waals surface area contributed by atoms with Crippen LogP contribution >= 0.6 is 0 Å². The highest BCUT2D eigenvalue weighted by Gasteiger charge is 1.82. The molecule has 0 aromatic rings. The molecule has 0 heteroatoms. The first-order valence-electron chi connectivity index (χ1n) is 5.73. The van der Waals surface area contributed by atoms with E-state index in [4.69, 9.17) is 0 Å². The van der Waals surface area contributed by atoms with Gasteiger partial charge in [-0.3, -0.25) is 0 Å². The number of allylic oxidation sites excluding steroid dienone is 4. The lowest BCUT2D eigenvalue weighted by atomic mass is 10.1. The molecule has 0 saturated carbocycles. The first-order chi connectivity index (χ1) is 6.41. The van der Waals surface area contributed by atoms with Crippen LogP contribution in [0.4, 0.5) is 0 Å². The van der Waals surface area contributed by atoms with E-state index in [0.29, 0.717) is 0 Å². The zero-order valence-electron chi connectivity index (χ0n) is 9.26. The lowest BCUT2D eigenvalue weighted by Gasteiger charge is -1.92. The zero-order valence-corrected chi connectivity index (χ0v) is 9.26. The summed E-state index contributed by atoms with van der Waals surface area (Å²) >= 11 is 0. The molecule has 0 heterocycles. The minimum Gasteiger partial charge on any atom is -0.0846 e. The smallest absolute Gasteiger partial charge is 0.0348 e. The van der Waals surface area contributed by atoms with Crippen molar-refractivity contribution in [1.82, 2.24) is 0 Å². The quantitative estimate of drug-likeness (QED) is 0.369. The molecule has 0 aliphatic heterocycles. The molecule has 0 radical (unpaired) electrons. The fourth-order valence-corrected chi connectivity index (χ4v) is 1.21. The van der Waals surface area contributed by atoms with Crippen molar-refractivity contribution in [3.05, 3.63) is 24.3 Å². The van der Waals surface area contributed by atoms with Crippen molar-refractivity contribution in [2.75, 3.05) is 0 Å². The molecule has 0 rings (SSSR count). The van der Waals surface area contributed by atoms with Crippen LogP contribution in [0.3, 0.4) is 0 Å². The third-order valence-electron chi connectivity index (χ3n) is 2.06. The molecule has 0 N–H and O–H groups in total. The third kappa shape index (κ3) is 11.5. The van der Waals surface area contributed by atoms with Gasteiger partial charge in [-0.2, -0.15) is 0 Å². The predicted molar refractivity (Wildman–Crippen MR) is 61.9 cm³/mol. The van der Waals surface area contributed by atoms with Crippen LogP contribution in [0, 0.1) is 0 Å². The summed E-state index contributed by atoms with van der Waals surface area (Å²) in [6.45, 7) is 4.46. The molecule has 0 aromatic heterocycles. The van der Waals surface area contributed by atoms with E-state index in [0.717, 1.165) is 0 Å². The van der Waals surface area contributed by atoms with Gasteiger partial charge in [-0.25, -0.2) is 0 Å². The number of hydrogen-bond acceptors (Lipinski definition) is 0. The van der Waals surface area contributed by atoms with E-state index in [1.165, 1.54) is 44.9 Å². The topological polar surface area (TPSA) is 0 Å². The maximum atomic E-state index is 2.28. The van der Waals surface area contributed by atoms with E-state index in [9.17, 15) is 0 Å². The minimum atomic E-state index is 1.21. The Bertz CT molecular complexity index is 131. The van der Waals surface area contributed by atoms with Gasteiger partial charge < -0.3 is 0 Å². The van der Waals surface area contributed by atoms with E-state index in [1.54, 1.807) is 0 Å². The first-order valence-corrected chi connectivity index (χ1v) is 5.73. The molecule has 0 nitrogen and oxygen atoms in total. The molecule has 0 fully saturated rings. The number of hydrogen-bond donors (Lipinski definition) is 0. The Morgan fingerprint density at radius 3 is 2.00 bits per heavy atom. The van der Waals surface area contributed by atoms with Crippen molar-refractivity contribution in [1.29, 1.82) is 0 Å². The van der Waals surface area contributed by atoms with Crippen molar-refractivity contribution < 1.29 is 0 Å². The molecule has 0 bridgehead atoms. The van der Waals surface area contributed by atoms with Crippen molar-refractivity contribution in [3.63, 3.8) is 0 Å². The molecule has 0 unspecified atom stereocenters. The van der Waals surface area contributed by atoms with Crippen molar-refractivity contribution in [2.45, 2.75) is 58.8 Å². The highest BCUT2D eigenvalue weighted by molar-refractivity contribution is 5.01. The molecule has 0 saturated heterocycles. The molecule has 0 spiro atoms. The van der Waals surface area contributed by atoms with E-state index in [2.05, 4.69) is 38.2 Å². The van der Waals surface area contributed by atoms with Crippen LogP contribution in [0.15, 0.2) is 24.3 Å². The average Bonchev–Trinajstić information content (AvgIpc) is 2.16. The van der Waals surface area contributed by atoms with Gasteiger partial charge in [-0.1, -0.05) is 63.8 Å². The molecule has 0 atom stereocenters. The highest BCUT2D eigenvalue weighted by atomic mass is 13.9. The van der Waals surface area contributed by atoms with E-state index in [1.807, 2.05) is 0 Å². The van der Waals surface area contributed by atoms with Crippen LogP contribution in [0.25, 0.3) is 0 Å². The maximum absolute atomic E-state index is 2.28. The summed E-state index contributed by atoms with van der Waals surface area (Å²) in [5, 5.41) is 0. The van der Waals surface area contributed by atoms with Gasteiger partial charge in [0.05, 0.1) is 0 Å². The van der Waals surface area contributed by atoms with Gasteiger partial charge in [0.15, 0.2) is 0 Å². The van der Waals surface area contributed by atoms with Crippen LogP contribution in [-0.4, -0.2) is 0 Å². The minimum absolute atomic E-state index is 1.21. The molecule has 0 amide bonds. The molecular weight excluding hydrogens is 156 g/mol. The van der Waals surface area contributed by atoms with Crippen molar-refractivity contribution in [2.24, 2.45) is 0 Å². The maximum Gasteiger partial charge on any atom is -0.0348 e. The van der Waals surface area contributed by atoms with E-state index >= 15 is 0 Å². The molecule has 0 aliphatic rings. The summed E-state index contributed by atoms with van der Waals surface area (Å²) in [7, 11) is 0. The normalized spacial score (nSPS) is 11.8. The lowest BCUT2D eigenvalue weighted by Crippen LogP contribution is -1.73. The summed E-state index contributed by atoms with van der Waals surface area (Å²) in [4.78, 5) is 0. The van der Waals surface area contributed by atoms with Crippen molar-refractivity contribution in [3.8, 4) is 0 Å². The van der Waals surface area contributed by atoms with Crippen LogP contribution in [0.1, 0.15) is 58.8 Å². The fraction of sp³-hybridized carbons (Fsp3) is 0.692. The first kappa shape index (κ1) is 12.5. The van der Waals surface area contributed by atoms with E-state index in [-0.39, 0.29) is 0 Å². The summed E-state index contributed by atoms with van der Waals surface area (Å²) < 4.78 is 0. The van der Waals surface area contributed by atoms with Gasteiger partial charge >= 0.3 is 0 Å². The molecule has 0 aromatic carbocycles. The second-order valence-corrected chi connectivity index (χ2v) is 3.49. The monoisotopic (exact) mass is 180 g/mol.